The standard InChI is InChI=1S/C35H42F3N7O4S/c1-34(2,35(36,37)38)24-49-30-15-19-45(42-30)33-32-27-12-7-6-11-26(27)10-5-3-4-8-18-44(23-25-16-20-48-21-17-25)29-13-9-14-31(41-29)50(46,47)43-28(40-32)22-39-33/h6-7,9,11-15,19,22,25H,3-5,8,10,16-18,20-21,23-24H2,1-2H3,(H,40,43). The predicted octanol–water partition coefficient (Wildman–Crippen LogP) is 6.84. The zero-order valence-corrected chi connectivity index (χ0v) is 29.0. The molecule has 5 heterocycles. The Balaban J connectivity index is 1.35. The van der Waals surface area contributed by atoms with Gasteiger partial charge in [0.25, 0.3) is 10.0 Å². The molecule has 0 unspecified atom stereocenters. The summed E-state index contributed by atoms with van der Waals surface area (Å²) in [7, 11) is -4.18. The maximum Gasteiger partial charge on any atom is 0.397 e. The maximum atomic E-state index is 13.8. The molecular weight excluding hydrogens is 671 g/mol. The molecule has 268 valence electrons. The summed E-state index contributed by atoms with van der Waals surface area (Å²) in [6.07, 6.45) is 4.85. The van der Waals surface area contributed by atoms with Gasteiger partial charge in [-0.15, -0.1) is 5.10 Å². The first-order chi connectivity index (χ1) is 23.9. The predicted molar refractivity (Wildman–Crippen MR) is 183 cm³/mol. The number of aryl methyl sites for hydroxylation is 1. The van der Waals surface area contributed by atoms with Gasteiger partial charge < -0.3 is 14.4 Å². The Kier molecular flexibility index (Phi) is 10.6. The number of hydrogen-bond acceptors (Lipinski definition) is 9. The van der Waals surface area contributed by atoms with Crippen LogP contribution in [0.5, 0.6) is 5.88 Å². The number of rotatable bonds is 6. The van der Waals surface area contributed by atoms with E-state index in [0.29, 0.717) is 17.4 Å². The van der Waals surface area contributed by atoms with Gasteiger partial charge >= 0.3 is 6.18 Å². The van der Waals surface area contributed by atoms with Crippen molar-refractivity contribution in [3.8, 4) is 23.0 Å². The van der Waals surface area contributed by atoms with E-state index in [0.717, 1.165) is 96.2 Å². The van der Waals surface area contributed by atoms with Crippen LogP contribution in [0.3, 0.4) is 0 Å². The number of fused-ring (bicyclic) bond motifs is 6. The molecule has 4 bridgehead atoms. The number of anilines is 2. The summed E-state index contributed by atoms with van der Waals surface area (Å²) in [4.78, 5) is 16.1. The third kappa shape index (κ3) is 8.37. The molecule has 1 N–H and O–H groups in total. The van der Waals surface area contributed by atoms with Gasteiger partial charge in [0.2, 0.25) is 5.88 Å². The first-order valence-corrected chi connectivity index (χ1v) is 18.4. The summed E-state index contributed by atoms with van der Waals surface area (Å²) in [6, 6.07) is 14.2. The normalized spacial score (nSPS) is 17.7. The van der Waals surface area contributed by atoms with Gasteiger partial charge in [-0.25, -0.2) is 19.6 Å². The molecule has 0 radical (unpaired) electrons. The van der Waals surface area contributed by atoms with Crippen LogP contribution in [-0.4, -0.2) is 72.2 Å². The van der Waals surface area contributed by atoms with E-state index in [1.165, 1.54) is 29.2 Å². The molecule has 2 aliphatic heterocycles. The van der Waals surface area contributed by atoms with Gasteiger partial charge in [0.1, 0.15) is 18.1 Å². The highest BCUT2D eigenvalue weighted by atomic mass is 32.2. The van der Waals surface area contributed by atoms with Crippen molar-refractivity contribution in [2.24, 2.45) is 11.3 Å². The van der Waals surface area contributed by atoms with Crippen molar-refractivity contribution in [3.63, 3.8) is 0 Å². The van der Waals surface area contributed by atoms with E-state index < -0.39 is 28.2 Å². The van der Waals surface area contributed by atoms with E-state index in [9.17, 15) is 21.6 Å². The molecule has 0 spiro atoms. The largest absolute Gasteiger partial charge is 0.476 e. The average molecular weight is 714 g/mol. The minimum absolute atomic E-state index is 0.0181. The Morgan fingerprint density at radius 3 is 2.56 bits per heavy atom. The molecule has 15 heteroatoms. The van der Waals surface area contributed by atoms with Crippen LogP contribution in [0.4, 0.5) is 24.8 Å². The number of alkyl halides is 3. The fourth-order valence-electron chi connectivity index (χ4n) is 6.02. The quantitative estimate of drug-likeness (QED) is 0.229. The fourth-order valence-corrected chi connectivity index (χ4v) is 6.97. The number of pyridine rings is 1. The summed E-state index contributed by atoms with van der Waals surface area (Å²) in [5, 5.41) is 4.21. The Hall–Kier alpha value is -4.24. The molecule has 0 aliphatic carbocycles. The van der Waals surface area contributed by atoms with Gasteiger partial charge in [-0.3, -0.25) is 4.72 Å². The van der Waals surface area contributed by atoms with Crippen molar-refractivity contribution in [2.75, 3.05) is 42.5 Å². The molecule has 11 nitrogen and oxygen atoms in total. The summed E-state index contributed by atoms with van der Waals surface area (Å²) in [5.41, 5.74) is -0.00682. The Labute approximate surface area is 290 Å². The molecule has 50 heavy (non-hydrogen) atoms. The van der Waals surface area contributed by atoms with Gasteiger partial charge in [-0.2, -0.15) is 21.6 Å². The van der Waals surface area contributed by atoms with Crippen LogP contribution in [0.25, 0.3) is 17.1 Å². The SMILES string of the molecule is CC(C)(COc1ccn(-c2ncc3nc2-c2ccccc2CCCCCCN(CC2CCOCC2)c2cccc(n2)S(=O)(=O)N3)n1)C(F)(F)F. The molecule has 0 saturated carbocycles. The van der Waals surface area contributed by atoms with Crippen LogP contribution in [0.15, 0.2) is 66.0 Å². The van der Waals surface area contributed by atoms with Crippen LogP contribution < -0.4 is 14.4 Å². The van der Waals surface area contributed by atoms with E-state index >= 15 is 0 Å². The average Bonchev–Trinajstić information content (AvgIpc) is 3.57. The van der Waals surface area contributed by atoms with Crippen molar-refractivity contribution in [2.45, 2.75) is 70.0 Å². The minimum Gasteiger partial charge on any atom is -0.476 e. The second-order valence-corrected chi connectivity index (χ2v) is 15.1. The van der Waals surface area contributed by atoms with Crippen molar-refractivity contribution in [1.29, 1.82) is 0 Å². The highest BCUT2D eigenvalue weighted by molar-refractivity contribution is 7.92. The smallest absolute Gasteiger partial charge is 0.397 e. The molecule has 1 fully saturated rings. The fraction of sp³-hybridized carbons (Fsp3) is 0.486. The lowest BCUT2D eigenvalue weighted by molar-refractivity contribution is -0.219. The topological polar surface area (TPSA) is 124 Å². The number of sulfonamides is 1. The first kappa shape index (κ1) is 35.6. The zero-order chi connectivity index (χ0) is 35.4. The summed E-state index contributed by atoms with van der Waals surface area (Å²) >= 11 is 0. The molecule has 4 aromatic rings. The van der Waals surface area contributed by atoms with Gasteiger partial charge in [0.15, 0.2) is 16.7 Å². The molecule has 0 atom stereocenters. The Morgan fingerprint density at radius 2 is 1.76 bits per heavy atom. The van der Waals surface area contributed by atoms with E-state index in [4.69, 9.17) is 14.5 Å². The highest BCUT2D eigenvalue weighted by Gasteiger charge is 2.48. The minimum atomic E-state index is -4.46. The van der Waals surface area contributed by atoms with Crippen LogP contribution in [0.2, 0.25) is 0 Å². The van der Waals surface area contributed by atoms with Gasteiger partial charge in [-0.1, -0.05) is 43.2 Å². The highest BCUT2D eigenvalue weighted by Crippen LogP contribution is 2.38. The van der Waals surface area contributed by atoms with Crippen molar-refractivity contribution >= 4 is 21.7 Å². The van der Waals surface area contributed by atoms with Crippen LogP contribution in [0, 0.1) is 11.3 Å². The number of nitrogens with zero attached hydrogens (tertiary/aromatic N) is 6. The van der Waals surface area contributed by atoms with Gasteiger partial charge in [0, 0.05) is 44.1 Å². The lowest BCUT2D eigenvalue weighted by atomic mass is 9.94. The Morgan fingerprint density at radius 1 is 0.980 bits per heavy atom. The number of benzene rings is 1. The molecule has 0 amide bonds. The van der Waals surface area contributed by atoms with Crippen molar-refractivity contribution < 1.29 is 31.1 Å². The van der Waals surface area contributed by atoms with E-state index in [1.54, 1.807) is 6.07 Å². The maximum absolute atomic E-state index is 13.8. The van der Waals surface area contributed by atoms with Crippen LogP contribution in [0.1, 0.15) is 57.9 Å². The molecule has 6 rings (SSSR count). The number of aromatic nitrogens is 5. The van der Waals surface area contributed by atoms with E-state index in [1.807, 2.05) is 30.3 Å². The van der Waals surface area contributed by atoms with Crippen molar-refractivity contribution in [1.82, 2.24) is 24.7 Å². The van der Waals surface area contributed by atoms with E-state index in [-0.39, 0.29) is 22.5 Å². The number of nitrogens with one attached hydrogen (secondary N) is 1. The number of ether oxygens (including phenoxy) is 2. The second-order valence-electron chi connectivity index (χ2n) is 13.5. The van der Waals surface area contributed by atoms with Crippen molar-refractivity contribution in [3.05, 3.63) is 66.5 Å². The lowest BCUT2D eigenvalue weighted by Gasteiger charge is -2.31. The first-order valence-electron chi connectivity index (χ1n) is 16.9. The summed E-state index contributed by atoms with van der Waals surface area (Å²) < 4.78 is 82.7. The van der Waals surface area contributed by atoms with E-state index in [2.05, 4.69) is 24.7 Å². The second kappa shape index (κ2) is 14.9. The monoisotopic (exact) mass is 713 g/mol. The molecule has 3 aromatic heterocycles. The Bertz CT molecular complexity index is 1880. The molecule has 1 aromatic carbocycles. The number of hydrogen-bond donors (Lipinski definition) is 1. The third-order valence-corrected chi connectivity index (χ3v) is 10.4. The van der Waals surface area contributed by atoms with Gasteiger partial charge in [0.05, 0.1) is 11.6 Å². The number of halogens is 3. The third-order valence-electron chi connectivity index (χ3n) is 9.15. The summed E-state index contributed by atoms with van der Waals surface area (Å²) in [5.74, 6) is 1.26. The zero-order valence-electron chi connectivity index (χ0n) is 28.2. The molecular formula is C35H42F3N7O4S. The van der Waals surface area contributed by atoms with Crippen LogP contribution >= 0.6 is 0 Å². The lowest BCUT2D eigenvalue weighted by Crippen LogP contribution is -2.37. The molecule has 2 aliphatic rings. The van der Waals surface area contributed by atoms with Crippen LogP contribution in [-0.2, 0) is 21.2 Å². The molecule has 1 saturated heterocycles. The van der Waals surface area contributed by atoms with Gasteiger partial charge in [-0.05, 0) is 69.6 Å². The summed E-state index contributed by atoms with van der Waals surface area (Å²) in [6.45, 7) is 4.48.